The van der Waals surface area contributed by atoms with Gasteiger partial charge in [0.15, 0.2) is 5.13 Å². The lowest BCUT2D eigenvalue weighted by atomic mass is 9.95. The first-order chi connectivity index (χ1) is 5.66. The number of nitrogens with two attached hydrogens (primary N) is 2. The average molecular weight is 177 g/mol. The largest absolute Gasteiger partial charge is 0.399 e. The van der Waals surface area contributed by atoms with E-state index in [-0.39, 0.29) is 0 Å². The maximum Gasteiger partial charge on any atom is 0.181 e. The number of hydrogen-bond acceptors (Lipinski definition) is 4. The van der Waals surface area contributed by atoms with Crippen molar-refractivity contribution >= 4 is 45.7 Å². The van der Waals surface area contributed by atoms with E-state index in [9.17, 15) is 0 Å². The molecular weight excluding hydrogens is 169 g/mol. The van der Waals surface area contributed by atoms with Crippen LogP contribution in [-0.2, 0) is 0 Å². The SMILES string of the molecule is Bc1cc(N)cc2nc(N)sc12. The van der Waals surface area contributed by atoms with E-state index >= 15 is 0 Å². The summed E-state index contributed by atoms with van der Waals surface area (Å²) in [4.78, 5) is 4.15. The fourth-order valence-corrected chi connectivity index (χ4v) is 2.03. The van der Waals surface area contributed by atoms with E-state index < -0.39 is 0 Å². The smallest absolute Gasteiger partial charge is 0.181 e. The molecule has 1 heterocycles. The Bertz CT molecular complexity index is 437. The van der Waals surface area contributed by atoms with E-state index in [1.807, 2.05) is 20.0 Å². The van der Waals surface area contributed by atoms with Gasteiger partial charge in [0, 0.05) is 5.69 Å². The predicted octanol–water partition coefficient (Wildman–Crippen LogP) is -0.281. The molecule has 0 aliphatic heterocycles. The quantitative estimate of drug-likeness (QED) is 0.429. The Hall–Kier alpha value is -1.23. The van der Waals surface area contributed by atoms with Gasteiger partial charge in [0.1, 0.15) is 7.85 Å². The van der Waals surface area contributed by atoms with Crippen LogP contribution >= 0.6 is 11.3 Å². The molecular formula is C7H8BN3S. The van der Waals surface area contributed by atoms with Crippen LogP contribution in [0.2, 0.25) is 0 Å². The zero-order valence-electron chi connectivity index (χ0n) is 6.66. The fourth-order valence-electron chi connectivity index (χ4n) is 1.24. The summed E-state index contributed by atoms with van der Waals surface area (Å²) >= 11 is 1.50. The van der Waals surface area contributed by atoms with Gasteiger partial charge in [-0.1, -0.05) is 16.8 Å². The molecule has 5 heteroatoms. The summed E-state index contributed by atoms with van der Waals surface area (Å²) in [5.41, 5.74) is 14.0. The van der Waals surface area contributed by atoms with Gasteiger partial charge in [0.2, 0.25) is 0 Å². The minimum atomic E-state index is 0.596. The van der Waals surface area contributed by atoms with Crippen LogP contribution in [0.3, 0.4) is 0 Å². The Labute approximate surface area is 74.8 Å². The molecule has 1 aromatic heterocycles. The highest BCUT2D eigenvalue weighted by Crippen LogP contribution is 2.22. The highest BCUT2D eigenvalue weighted by molar-refractivity contribution is 7.23. The van der Waals surface area contributed by atoms with Crippen LogP contribution in [0.5, 0.6) is 0 Å². The Balaban J connectivity index is 2.88. The van der Waals surface area contributed by atoms with E-state index in [0.29, 0.717) is 5.13 Å². The summed E-state index contributed by atoms with van der Waals surface area (Å²) < 4.78 is 1.13. The minimum Gasteiger partial charge on any atom is -0.399 e. The molecule has 0 spiro atoms. The minimum absolute atomic E-state index is 0.596. The van der Waals surface area contributed by atoms with Gasteiger partial charge in [-0.2, -0.15) is 0 Å². The lowest BCUT2D eigenvalue weighted by Gasteiger charge is -1.95. The second-order valence-electron chi connectivity index (χ2n) is 2.74. The highest BCUT2D eigenvalue weighted by Gasteiger charge is 2.03. The van der Waals surface area contributed by atoms with Crippen LogP contribution in [0.15, 0.2) is 12.1 Å². The van der Waals surface area contributed by atoms with E-state index in [0.717, 1.165) is 21.4 Å². The van der Waals surface area contributed by atoms with Gasteiger partial charge in [0.05, 0.1) is 10.2 Å². The second kappa shape index (κ2) is 2.38. The van der Waals surface area contributed by atoms with Crippen molar-refractivity contribution in [2.45, 2.75) is 0 Å². The molecule has 0 saturated carbocycles. The molecule has 0 saturated heterocycles. The molecule has 0 atom stereocenters. The van der Waals surface area contributed by atoms with Crippen LogP contribution in [-0.4, -0.2) is 12.8 Å². The summed E-state index contributed by atoms with van der Waals surface area (Å²) in [5, 5.41) is 0.596. The molecule has 0 fully saturated rings. The maximum atomic E-state index is 5.66. The predicted molar refractivity (Wildman–Crippen MR) is 56.6 cm³/mol. The van der Waals surface area contributed by atoms with Crippen molar-refractivity contribution in [1.82, 2.24) is 4.98 Å². The molecule has 2 aromatic rings. The molecule has 12 heavy (non-hydrogen) atoms. The van der Waals surface area contributed by atoms with Gasteiger partial charge in [-0.05, 0) is 12.1 Å². The summed E-state index contributed by atoms with van der Waals surface area (Å²) in [6.07, 6.45) is 0. The number of anilines is 2. The van der Waals surface area contributed by atoms with E-state index in [4.69, 9.17) is 11.5 Å². The number of hydrogen-bond donors (Lipinski definition) is 2. The van der Waals surface area contributed by atoms with Crippen molar-refractivity contribution in [1.29, 1.82) is 0 Å². The number of fused-ring (bicyclic) bond motifs is 1. The van der Waals surface area contributed by atoms with Gasteiger partial charge >= 0.3 is 0 Å². The average Bonchev–Trinajstić information content (AvgIpc) is 2.29. The summed E-state index contributed by atoms with van der Waals surface area (Å²) in [6, 6.07) is 3.77. The van der Waals surface area contributed by atoms with Crippen LogP contribution in [0.4, 0.5) is 10.8 Å². The van der Waals surface area contributed by atoms with Crippen molar-refractivity contribution in [2.24, 2.45) is 0 Å². The lowest BCUT2D eigenvalue weighted by molar-refractivity contribution is 1.50. The number of nitrogen functional groups attached to an aromatic ring is 2. The first kappa shape index (κ1) is 7.43. The lowest BCUT2D eigenvalue weighted by Crippen LogP contribution is -2.03. The number of aromatic nitrogens is 1. The van der Waals surface area contributed by atoms with Gasteiger partial charge in [-0.25, -0.2) is 4.98 Å². The molecule has 4 N–H and O–H groups in total. The van der Waals surface area contributed by atoms with Crippen molar-refractivity contribution in [3.8, 4) is 0 Å². The topological polar surface area (TPSA) is 64.9 Å². The van der Waals surface area contributed by atoms with Crippen molar-refractivity contribution in [3.63, 3.8) is 0 Å². The summed E-state index contributed by atoms with van der Waals surface area (Å²) in [6.45, 7) is 0. The molecule has 1 aromatic carbocycles. The third-order valence-electron chi connectivity index (χ3n) is 1.71. The first-order valence-corrected chi connectivity index (χ1v) is 4.40. The van der Waals surface area contributed by atoms with Crippen LogP contribution in [0, 0.1) is 0 Å². The van der Waals surface area contributed by atoms with Crippen molar-refractivity contribution < 1.29 is 0 Å². The molecule has 3 nitrogen and oxygen atoms in total. The molecule has 0 unspecified atom stereocenters. The second-order valence-corrected chi connectivity index (χ2v) is 3.77. The van der Waals surface area contributed by atoms with Crippen LogP contribution in [0.1, 0.15) is 0 Å². The standard InChI is InChI=1S/C7H8BN3S/c8-4-1-3(9)2-5-6(4)12-7(10)11-5/h1-2H,8-9H2,(H2,10,11). The van der Waals surface area contributed by atoms with Crippen molar-refractivity contribution in [3.05, 3.63) is 12.1 Å². The molecule has 60 valence electrons. The van der Waals surface area contributed by atoms with Gasteiger partial charge in [-0.3, -0.25) is 0 Å². The number of nitrogens with zero attached hydrogens (tertiary/aromatic N) is 1. The molecule has 0 aliphatic carbocycles. The van der Waals surface area contributed by atoms with Gasteiger partial charge in [0.25, 0.3) is 0 Å². The number of thiazole rings is 1. The molecule has 2 rings (SSSR count). The normalized spacial score (nSPS) is 10.7. The number of rotatable bonds is 0. The van der Waals surface area contributed by atoms with Gasteiger partial charge in [-0.15, -0.1) is 0 Å². The Morgan fingerprint density at radius 1 is 1.33 bits per heavy atom. The first-order valence-electron chi connectivity index (χ1n) is 3.59. The van der Waals surface area contributed by atoms with E-state index in [1.54, 1.807) is 0 Å². The summed E-state index contributed by atoms with van der Waals surface area (Å²) in [7, 11) is 2.01. The maximum absolute atomic E-state index is 5.66. The third-order valence-corrected chi connectivity index (χ3v) is 2.75. The number of benzene rings is 1. The van der Waals surface area contributed by atoms with Crippen LogP contribution < -0.4 is 16.9 Å². The highest BCUT2D eigenvalue weighted by atomic mass is 32.1. The Morgan fingerprint density at radius 3 is 2.83 bits per heavy atom. The van der Waals surface area contributed by atoms with Crippen molar-refractivity contribution in [2.75, 3.05) is 11.5 Å². The molecule has 0 bridgehead atoms. The molecule has 0 aliphatic rings. The van der Waals surface area contributed by atoms with Crippen LogP contribution in [0.25, 0.3) is 10.2 Å². The van der Waals surface area contributed by atoms with E-state index in [2.05, 4.69) is 4.98 Å². The monoisotopic (exact) mass is 177 g/mol. The zero-order chi connectivity index (χ0) is 8.72. The Kier molecular flexibility index (Phi) is 1.47. The zero-order valence-corrected chi connectivity index (χ0v) is 7.48. The van der Waals surface area contributed by atoms with Gasteiger partial charge < -0.3 is 11.5 Å². The third kappa shape index (κ3) is 1.02. The molecule has 0 radical (unpaired) electrons. The summed E-state index contributed by atoms with van der Waals surface area (Å²) in [5.74, 6) is 0. The molecule has 0 amide bonds. The van der Waals surface area contributed by atoms with E-state index in [1.165, 1.54) is 11.3 Å². The Morgan fingerprint density at radius 2 is 2.08 bits per heavy atom. The fraction of sp³-hybridized carbons (Fsp3) is 0.